The number of aliphatic carboxylic acids is 1. The second-order valence-corrected chi connectivity index (χ2v) is 37.9. The molecule has 0 aliphatic carbocycles. The Bertz CT molecular complexity index is 1260. The minimum atomic E-state index is -2.34. The molecule has 52 heavy (non-hydrogen) atoms. The molecule has 1 saturated heterocycles. The van der Waals surface area contributed by atoms with Crippen molar-refractivity contribution in [2.24, 2.45) is 11.1 Å². The third kappa shape index (κ3) is 16.2. The van der Waals surface area contributed by atoms with Crippen LogP contribution in [0, 0.1) is 5.41 Å². The average Bonchev–Trinajstić information content (AvgIpc) is 2.91. The summed E-state index contributed by atoms with van der Waals surface area (Å²) in [6.07, 6.45) is -3.54. The van der Waals surface area contributed by atoms with Crippen molar-refractivity contribution in [1.82, 2.24) is 16.0 Å². The third-order valence-corrected chi connectivity index (χ3v) is 12.5. The smallest absolute Gasteiger partial charge is 0.339 e. The van der Waals surface area contributed by atoms with Crippen LogP contribution in [-0.4, -0.2) is 123 Å². The SMILES string of the molecule is CC(NC(=O)CO[C@H]1[C@H](O[Si](C)(C)C)[C@@H](CO[Si](C)(C)C)OC(O[Si](C)(C)C)[C@@H]1NC(=O)C(C)(C)C)C(=O)NC(CC[Si](C)(C)C)(C(N)=O)C(=O)O. The normalized spacial score (nSPS) is 23.6. The number of amides is 4. The van der Waals surface area contributed by atoms with Crippen molar-refractivity contribution in [3.63, 3.8) is 0 Å². The standard InChI is InChI=1S/C33H68N4O11Si4/c1-21(27(39)37-33(29(34)40,31(42)43)17-18-49(5,6)7)35-23(38)20-44-26-24(36-30(41)32(2,3)4)28(48-52(14,15)16)46-22(19-45-50(8,9)10)25(26)47-51(11,12)13/h21-22,24-26,28H,17-20H2,1-16H3,(H2,34,40)(H,35,38)(H,36,41)(H,37,39)(H,42,43)/t21?,22-,24-,25-,26-,28?,33?/m1/s1. The highest BCUT2D eigenvalue weighted by Gasteiger charge is 2.52. The summed E-state index contributed by atoms with van der Waals surface area (Å²) in [6.45, 7) is 30.5. The Morgan fingerprint density at radius 2 is 1.38 bits per heavy atom. The van der Waals surface area contributed by atoms with E-state index >= 15 is 0 Å². The van der Waals surface area contributed by atoms with Crippen molar-refractivity contribution < 1.29 is 51.8 Å². The number of carboxylic acid groups (broad SMARTS) is 1. The van der Waals surface area contributed by atoms with E-state index in [0.717, 1.165) is 0 Å². The van der Waals surface area contributed by atoms with Gasteiger partial charge in [0.2, 0.25) is 23.3 Å². The zero-order valence-corrected chi connectivity index (χ0v) is 38.4. The van der Waals surface area contributed by atoms with E-state index in [4.69, 9.17) is 28.5 Å². The van der Waals surface area contributed by atoms with Crippen LogP contribution >= 0.6 is 0 Å². The maximum absolute atomic E-state index is 13.5. The first-order valence-corrected chi connectivity index (χ1v) is 31.8. The third-order valence-electron chi connectivity index (χ3n) is 7.82. The van der Waals surface area contributed by atoms with E-state index in [1.807, 2.05) is 58.9 Å². The fourth-order valence-corrected chi connectivity index (χ4v) is 8.79. The molecule has 0 spiro atoms. The Morgan fingerprint density at radius 1 is 0.846 bits per heavy atom. The lowest BCUT2D eigenvalue weighted by atomic mass is 9.92. The Hall–Kier alpha value is -1.98. The van der Waals surface area contributed by atoms with Gasteiger partial charge in [-0.05, 0) is 72.3 Å². The van der Waals surface area contributed by atoms with Crippen molar-refractivity contribution in [2.75, 3.05) is 13.2 Å². The summed E-state index contributed by atoms with van der Waals surface area (Å²) in [5, 5.41) is 17.9. The molecule has 1 aliphatic heterocycles. The van der Waals surface area contributed by atoms with Crippen LogP contribution in [0.15, 0.2) is 0 Å². The molecule has 0 saturated carbocycles. The molecule has 1 aliphatic rings. The monoisotopic (exact) mass is 808 g/mol. The second kappa shape index (κ2) is 18.1. The van der Waals surface area contributed by atoms with E-state index in [9.17, 15) is 29.1 Å². The first kappa shape index (κ1) is 48.0. The van der Waals surface area contributed by atoms with E-state index in [2.05, 4.69) is 35.6 Å². The average molecular weight is 809 g/mol. The fourth-order valence-electron chi connectivity index (χ4n) is 5.00. The van der Waals surface area contributed by atoms with Crippen molar-refractivity contribution in [3.05, 3.63) is 0 Å². The summed E-state index contributed by atoms with van der Waals surface area (Å²) >= 11 is 0. The topological polar surface area (TPSA) is 214 Å². The highest BCUT2D eigenvalue weighted by atomic mass is 28.4. The molecule has 0 aromatic carbocycles. The predicted octanol–water partition coefficient (Wildman–Crippen LogP) is 3.21. The van der Waals surface area contributed by atoms with Gasteiger partial charge in [0.15, 0.2) is 31.2 Å². The Balaban J connectivity index is 3.50. The first-order valence-electron chi connectivity index (χ1n) is 17.9. The molecule has 19 heteroatoms. The zero-order chi connectivity index (χ0) is 40.8. The molecular formula is C33H68N4O11Si4. The molecule has 0 bridgehead atoms. The summed E-state index contributed by atoms with van der Waals surface area (Å²) in [4.78, 5) is 64.9. The van der Waals surface area contributed by atoms with Crippen LogP contribution in [0.25, 0.3) is 0 Å². The van der Waals surface area contributed by atoms with Gasteiger partial charge in [0.05, 0.1) is 6.61 Å². The Labute approximate surface area is 314 Å². The summed E-state index contributed by atoms with van der Waals surface area (Å²) in [6, 6.07) is -1.75. The number of carboxylic acids is 1. The number of hydrogen-bond acceptors (Lipinski definition) is 10. The fraction of sp³-hybridized carbons (Fsp3) is 0.848. The van der Waals surface area contributed by atoms with Crippen LogP contribution in [0.1, 0.15) is 34.1 Å². The van der Waals surface area contributed by atoms with E-state index in [1.165, 1.54) is 6.92 Å². The molecule has 0 aromatic rings. The van der Waals surface area contributed by atoms with Crippen molar-refractivity contribution in [1.29, 1.82) is 0 Å². The highest BCUT2D eigenvalue weighted by Crippen LogP contribution is 2.32. The van der Waals surface area contributed by atoms with Gasteiger partial charge in [-0.2, -0.15) is 0 Å². The van der Waals surface area contributed by atoms with Crippen molar-refractivity contribution in [3.8, 4) is 0 Å². The van der Waals surface area contributed by atoms with Gasteiger partial charge in [-0.3, -0.25) is 19.2 Å². The molecule has 0 radical (unpaired) electrons. The van der Waals surface area contributed by atoms with Gasteiger partial charge in [0, 0.05) is 13.5 Å². The number of rotatable bonds is 19. The lowest BCUT2D eigenvalue weighted by Crippen LogP contribution is -2.69. The molecule has 1 fully saturated rings. The molecule has 4 amide bonds. The molecule has 7 atom stereocenters. The Kier molecular flexibility index (Phi) is 16.7. The largest absolute Gasteiger partial charge is 0.479 e. The van der Waals surface area contributed by atoms with Crippen LogP contribution in [0.5, 0.6) is 0 Å². The quantitative estimate of drug-likeness (QED) is 0.0944. The van der Waals surface area contributed by atoms with Gasteiger partial charge in [0.25, 0.3) is 5.91 Å². The highest BCUT2D eigenvalue weighted by molar-refractivity contribution is 6.76. The lowest BCUT2D eigenvalue weighted by Gasteiger charge is -2.49. The van der Waals surface area contributed by atoms with Crippen LogP contribution in [-0.2, 0) is 46.7 Å². The number of hydrogen-bond donors (Lipinski definition) is 5. The molecular weight excluding hydrogens is 741 g/mol. The summed E-state index contributed by atoms with van der Waals surface area (Å²) < 4.78 is 32.4. The van der Waals surface area contributed by atoms with Crippen molar-refractivity contribution >= 4 is 62.6 Å². The van der Waals surface area contributed by atoms with E-state index < -0.39 is 111 Å². The van der Waals surface area contributed by atoms with Crippen molar-refractivity contribution in [2.45, 2.75) is 161 Å². The number of carbonyl (C=O) groups is 5. The maximum atomic E-state index is 13.5. The number of ether oxygens (including phenoxy) is 2. The van der Waals surface area contributed by atoms with E-state index in [0.29, 0.717) is 6.04 Å². The minimum Gasteiger partial charge on any atom is -0.479 e. The predicted molar refractivity (Wildman–Crippen MR) is 210 cm³/mol. The first-order chi connectivity index (χ1) is 23.2. The van der Waals surface area contributed by atoms with E-state index in [-0.39, 0.29) is 18.9 Å². The molecule has 6 N–H and O–H groups in total. The number of primary amides is 1. The molecule has 1 heterocycles. The van der Waals surface area contributed by atoms with Crippen LogP contribution in [0.3, 0.4) is 0 Å². The zero-order valence-electron chi connectivity index (χ0n) is 34.4. The van der Waals surface area contributed by atoms with Gasteiger partial charge < -0.3 is 49.5 Å². The summed E-state index contributed by atoms with van der Waals surface area (Å²) in [7, 11) is -8.49. The molecule has 15 nitrogen and oxygen atoms in total. The lowest BCUT2D eigenvalue weighted by molar-refractivity contribution is -0.250. The Morgan fingerprint density at radius 3 is 1.81 bits per heavy atom. The van der Waals surface area contributed by atoms with E-state index in [1.54, 1.807) is 20.8 Å². The molecule has 302 valence electrons. The van der Waals surface area contributed by atoms with Gasteiger partial charge in [-0.1, -0.05) is 46.5 Å². The molecule has 3 unspecified atom stereocenters. The second-order valence-electron chi connectivity index (χ2n) is 18.8. The number of nitrogens with two attached hydrogens (primary N) is 1. The molecule has 0 aromatic heterocycles. The summed E-state index contributed by atoms with van der Waals surface area (Å²) in [5.41, 5.74) is 2.40. The number of carbonyl (C=O) groups excluding carboxylic acids is 4. The minimum absolute atomic E-state index is 0.169. The van der Waals surface area contributed by atoms with Gasteiger partial charge >= 0.3 is 5.97 Å². The van der Waals surface area contributed by atoms with Crippen LogP contribution in [0.4, 0.5) is 0 Å². The maximum Gasteiger partial charge on any atom is 0.339 e. The summed E-state index contributed by atoms with van der Waals surface area (Å²) in [5.74, 6) is -4.68. The number of nitrogens with one attached hydrogen (secondary N) is 3. The molecule has 1 rings (SSSR count). The van der Waals surface area contributed by atoms with Gasteiger partial charge in [-0.25, -0.2) is 4.79 Å². The van der Waals surface area contributed by atoms with Crippen LogP contribution in [0.2, 0.25) is 84.6 Å². The van der Waals surface area contributed by atoms with Gasteiger partial charge in [0.1, 0.15) is 37.0 Å². The van der Waals surface area contributed by atoms with Gasteiger partial charge in [-0.15, -0.1) is 0 Å². The van der Waals surface area contributed by atoms with Crippen LogP contribution < -0.4 is 21.7 Å².